The molecule has 1 aromatic carbocycles. The molecule has 0 aliphatic rings. The molecule has 0 saturated carbocycles. The van der Waals surface area contributed by atoms with E-state index in [1.807, 2.05) is 30.3 Å². The van der Waals surface area contributed by atoms with Gasteiger partial charge in [0.15, 0.2) is 0 Å². The molecule has 0 saturated heterocycles. The van der Waals surface area contributed by atoms with E-state index in [4.69, 9.17) is 4.74 Å². The topological polar surface area (TPSA) is 52.6 Å². The zero-order valence-electron chi connectivity index (χ0n) is 9.09. The van der Waals surface area contributed by atoms with Crippen LogP contribution in [-0.4, -0.2) is 19.0 Å². The molecule has 0 fully saturated rings. The first kappa shape index (κ1) is 12.2. The third-order valence-electron chi connectivity index (χ3n) is 2.04. The van der Waals surface area contributed by atoms with E-state index in [1.54, 1.807) is 6.92 Å². The van der Waals surface area contributed by atoms with Gasteiger partial charge in [-0.3, -0.25) is 9.59 Å². The Labute approximate surface area is 94.2 Å². The lowest BCUT2D eigenvalue weighted by Gasteiger charge is -2.10. The van der Waals surface area contributed by atoms with Gasteiger partial charge in [-0.1, -0.05) is 30.3 Å². The van der Waals surface area contributed by atoms with Crippen molar-refractivity contribution < 1.29 is 19.1 Å². The molecule has 0 N–H and O–H groups in total. The van der Waals surface area contributed by atoms with Gasteiger partial charge in [-0.15, -0.1) is 0 Å². The molecule has 0 aliphatic carbocycles. The quantitative estimate of drug-likeness (QED) is 0.541. The van der Waals surface area contributed by atoms with Crippen molar-refractivity contribution in [3.8, 4) is 0 Å². The average Bonchev–Trinajstić information content (AvgIpc) is 2.34. The van der Waals surface area contributed by atoms with Crippen molar-refractivity contribution in [2.45, 2.75) is 13.5 Å². The molecule has 4 nitrogen and oxygen atoms in total. The van der Waals surface area contributed by atoms with Crippen LogP contribution < -0.4 is 0 Å². The lowest BCUT2D eigenvalue weighted by molar-refractivity contribution is -0.152. The van der Waals surface area contributed by atoms with Crippen LogP contribution in [-0.2, 0) is 25.7 Å². The van der Waals surface area contributed by atoms with E-state index in [0.29, 0.717) is 6.47 Å². The Morgan fingerprint density at radius 3 is 2.69 bits per heavy atom. The Hall–Kier alpha value is -1.84. The average molecular weight is 222 g/mol. The Morgan fingerprint density at radius 1 is 1.38 bits per heavy atom. The number of benzene rings is 1. The van der Waals surface area contributed by atoms with E-state index in [0.717, 1.165) is 5.56 Å². The fourth-order valence-electron chi connectivity index (χ4n) is 1.12. The molecule has 0 aliphatic heterocycles. The van der Waals surface area contributed by atoms with Gasteiger partial charge in [-0.25, -0.2) is 0 Å². The van der Waals surface area contributed by atoms with Crippen LogP contribution in [0.3, 0.4) is 0 Å². The van der Waals surface area contributed by atoms with Crippen LogP contribution in [0.5, 0.6) is 0 Å². The Balaban J connectivity index is 2.32. The van der Waals surface area contributed by atoms with Crippen molar-refractivity contribution in [1.82, 2.24) is 0 Å². The second kappa shape index (κ2) is 6.61. The molecule has 1 rings (SSSR count). The zero-order chi connectivity index (χ0) is 11.8. The van der Waals surface area contributed by atoms with Gasteiger partial charge in [-0.2, -0.15) is 0 Å². The molecule has 16 heavy (non-hydrogen) atoms. The normalized spacial score (nSPS) is 11.6. The Bertz CT molecular complexity index is 334. The number of esters is 1. The summed E-state index contributed by atoms with van der Waals surface area (Å²) in [5, 5.41) is 0. The van der Waals surface area contributed by atoms with Crippen molar-refractivity contribution in [3.63, 3.8) is 0 Å². The highest BCUT2D eigenvalue weighted by Gasteiger charge is 2.14. The van der Waals surface area contributed by atoms with Gasteiger partial charge in [0.1, 0.15) is 13.2 Å². The molecule has 1 aromatic rings. The summed E-state index contributed by atoms with van der Waals surface area (Å²) in [6.07, 6.45) is 0. The minimum atomic E-state index is -0.436. The predicted octanol–water partition coefficient (Wildman–Crippen LogP) is 1.54. The van der Waals surface area contributed by atoms with E-state index in [9.17, 15) is 9.59 Å². The van der Waals surface area contributed by atoms with E-state index in [1.165, 1.54) is 0 Å². The molecule has 0 amide bonds. The molecule has 1 atom stereocenters. The maximum absolute atomic E-state index is 11.4. The van der Waals surface area contributed by atoms with Crippen molar-refractivity contribution in [2.24, 2.45) is 5.92 Å². The van der Waals surface area contributed by atoms with Crippen molar-refractivity contribution in [3.05, 3.63) is 35.9 Å². The van der Waals surface area contributed by atoms with Crippen LogP contribution in [0, 0.1) is 5.92 Å². The third-order valence-corrected chi connectivity index (χ3v) is 2.04. The SMILES string of the molecule is C[C@@H](COC=O)C(=O)OCc1ccccc1. The van der Waals surface area contributed by atoms with Crippen molar-refractivity contribution in [1.29, 1.82) is 0 Å². The molecule has 0 radical (unpaired) electrons. The highest BCUT2D eigenvalue weighted by Crippen LogP contribution is 2.04. The molecule has 0 spiro atoms. The predicted molar refractivity (Wildman–Crippen MR) is 57.4 cm³/mol. The van der Waals surface area contributed by atoms with Gasteiger partial charge in [-0.05, 0) is 12.5 Å². The van der Waals surface area contributed by atoms with Crippen LogP contribution in [0.15, 0.2) is 30.3 Å². The summed E-state index contributed by atoms with van der Waals surface area (Å²) in [6, 6.07) is 9.40. The highest BCUT2D eigenvalue weighted by atomic mass is 16.5. The van der Waals surface area contributed by atoms with E-state index >= 15 is 0 Å². The zero-order valence-corrected chi connectivity index (χ0v) is 9.09. The third kappa shape index (κ3) is 4.13. The summed E-state index contributed by atoms with van der Waals surface area (Å²) in [7, 11) is 0. The Morgan fingerprint density at radius 2 is 2.06 bits per heavy atom. The summed E-state index contributed by atoms with van der Waals surface area (Å²) in [5.74, 6) is -0.806. The molecule has 0 heterocycles. The van der Waals surface area contributed by atoms with Crippen LogP contribution in [0.25, 0.3) is 0 Å². The van der Waals surface area contributed by atoms with E-state index in [-0.39, 0.29) is 19.2 Å². The lowest BCUT2D eigenvalue weighted by atomic mass is 10.2. The summed E-state index contributed by atoms with van der Waals surface area (Å²) in [6.45, 7) is 2.26. The van der Waals surface area contributed by atoms with E-state index < -0.39 is 5.92 Å². The summed E-state index contributed by atoms with van der Waals surface area (Å²) in [5.41, 5.74) is 0.930. The second-order valence-corrected chi connectivity index (χ2v) is 3.42. The maximum atomic E-state index is 11.4. The molecule has 0 unspecified atom stereocenters. The van der Waals surface area contributed by atoms with Gasteiger partial charge in [0.2, 0.25) is 0 Å². The number of ether oxygens (including phenoxy) is 2. The summed E-state index contributed by atoms with van der Waals surface area (Å²) < 4.78 is 9.54. The minimum absolute atomic E-state index is 0.0527. The molecule has 0 bridgehead atoms. The van der Waals surface area contributed by atoms with Gasteiger partial charge in [0, 0.05) is 0 Å². The summed E-state index contributed by atoms with van der Waals surface area (Å²) in [4.78, 5) is 21.3. The fraction of sp³-hybridized carbons (Fsp3) is 0.333. The van der Waals surface area contributed by atoms with Crippen molar-refractivity contribution in [2.75, 3.05) is 6.61 Å². The molecular weight excluding hydrogens is 208 g/mol. The minimum Gasteiger partial charge on any atom is -0.467 e. The monoisotopic (exact) mass is 222 g/mol. The van der Waals surface area contributed by atoms with Crippen LogP contribution in [0.4, 0.5) is 0 Å². The first-order chi connectivity index (χ1) is 7.74. The molecule has 86 valence electrons. The first-order valence-electron chi connectivity index (χ1n) is 5.00. The standard InChI is InChI=1S/C12H14O4/c1-10(7-15-9-13)12(14)16-8-11-5-3-2-4-6-11/h2-6,9-10H,7-8H2,1H3/t10-/m0/s1. The van der Waals surface area contributed by atoms with Crippen molar-refractivity contribution >= 4 is 12.4 Å². The highest BCUT2D eigenvalue weighted by molar-refractivity contribution is 5.72. The van der Waals surface area contributed by atoms with Crippen LogP contribution >= 0.6 is 0 Å². The maximum Gasteiger partial charge on any atom is 0.312 e. The van der Waals surface area contributed by atoms with Gasteiger partial charge >= 0.3 is 5.97 Å². The molecular formula is C12H14O4. The second-order valence-electron chi connectivity index (χ2n) is 3.42. The molecule has 0 aromatic heterocycles. The van der Waals surface area contributed by atoms with Gasteiger partial charge in [0.05, 0.1) is 5.92 Å². The summed E-state index contributed by atoms with van der Waals surface area (Å²) >= 11 is 0. The number of hydrogen-bond donors (Lipinski definition) is 0. The number of rotatable bonds is 6. The number of carbonyl (C=O) groups is 2. The van der Waals surface area contributed by atoms with E-state index in [2.05, 4.69) is 4.74 Å². The van der Waals surface area contributed by atoms with Crippen LogP contribution in [0.2, 0.25) is 0 Å². The fourth-order valence-corrected chi connectivity index (χ4v) is 1.12. The Kier molecular flexibility index (Phi) is 5.05. The molecule has 4 heteroatoms. The number of carbonyl (C=O) groups excluding carboxylic acids is 2. The van der Waals surface area contributed by atoms with Gasteiger partial charge < -0.3 is 9.47 Å². The smallest absolute Gasteiger partial charge is 0.312 e. The van der Waals surface area contributed by atoms with Gasteiger partial charge in [0.25, 0.3) is 6.47 Å². The lowest BCUT2D eigenvalue weighted by Crippen LogP contribution is -2.19. The largest absolute Gasteiger partial charge is 0.467 e. The van der Waals surface area contributed by atoms with Crippen LogP contribution in [0.1, 0.15) is 12.5 Å². The first-order valence-corrected chi connectivity index (χ1v) is 5.00. The number of hydrogen-bond acceptors (Lipinski definition) is 4.